The van der Waals surface area contributed by atoms with Crippen LogP contribution >= 0.6 is 0 Å². The molecule has 0 spiro atoms. The van der Waals surface area contributed by atoms with Crippen molar-refractivity contribution in [3.63, 3.8) is 0 Å². The zero-order valence-corrected chi connectivity index (χ0v) is 10.7. The van der Waals surface area contributed by atoms with Crippen LogP contribution in [0.1, 0.15) is 13.3 Å². The molecule has 18 heavy (non-hydrogen) atoms. The largest absolute Gasteiger partial charge is 0.393 e. The lowest BCUT2D eigenvalue weighted by Crippen LogP contribution is -2.44. The molecule has 1 fully saturated rings. The summed E-state index contributed by atoms with van der Waals surface area (Å²) >= 11 is 0. The van der Waals surface area contributed by atoms with Gasteiger partial charge in [-0.1, -0.05) is 6.08 Å². The van der Waals surface area contributed by atoms with Crippen molar-refractivity contribution in [2.24, 2.45) is 5.92 Å². The Bertz CT molecular complexity index is 318. The Balaban J connectivity index is 2.25. The fraction of sp³-hybridized carbons (Fsp3) is 0.667. The van der Waals surface area contributed by atoms with E-state index in [1.807, 2.05) is 4.90 Å². The number of amides is 3. The smallest absolute Gasteiger partial charge is 0.321 e. The second kappa shape index (κ2) is 7.13. The SMILES string of the molecule is C=CCNC(=O)NC(=O)CN1CCC(C(C)O)C1. The van der Waals surface area contributed by atoms with E-state index in [9.17, 15) is 14.7 Å². The molecular formula is C12H21N3O3. The first-order valence-corrected chi connectivity index (χ1v) is 6.12. The molecule has 0 saturated carbocycles. The number of aliphatic hydroxyl groups is 1. The summed E-state index contributed by atoms with van der Waals surface area (Å²) in [5.41, 5.74) is 0. The van der Waals surface area contributed by atoms with Crippen molar-refractivity contribution in [2.45, 2.75) is 19.4 Å². The zero-order chi connectivity index (χ0) is 13.5. The van der Waals surface area contributed by atoms with Crippen LogP contribution in [0.2, 0.25) is 0 Å². The zero-order valence-electron chi connectivity index (χ0n) is 10.7. The number of rotatable bonds is 5. The second-order valence-corrected chi connectivity index (χ2v) is 4.57. The van der Waals surface area contributed by atoms with Crippen molar-refractivity contribution in [3.05, 3.63) is 12.7 Å². The molecule has 1 rings (SSSR count). The normalized spacial score (nSPS) is 21.3. The van der Waals surface area contributed by atoms with Crippen molar-refractivity contribution in [1.82, 2.24) is 15.5 Å². The highest BCUT2D eigenvalue weighted by Crippen LogP contribution is 2.18. The number of hydrogen-bond acceptors (Lipinski definition) is 4. The molecule has 2 atom stereocenters. The minimum atomic E-state index is -0.508. The molecule has 1 heterocycles. The molecule has 3 amide bonds. The monoisotopic (exact) mass is 255 g/mol. The number of nitrogens with one attached hydrogen (secondary N) is 2. The topological polar surface area (TPSA) is 81.7 Å². The molecule has 2 unspecified atom stereocenters. The molecule has 6 nitrogen and oxygen atoms in total. The number of imide groups is 1. The van der Waals surface area contributed by atoms with E-state index >= 15 is 0 Å². The van der Waals surface area contributed by atoms with Crippen LogP contribution in [0, 0.1) is 5.92 Å². The van der Waals surface area contributed by atoms with Crippen LogP contribution in [-0.4, -0.2) is 54.2 Å². The van der Waals surface area contributed by atoms with E-state index < -0.39 is 6.03 Å². The van der Waals surface area contributed by atoms with Gasteiger partial charge in [0.2, 0.25) is 5.91 Å². The van der Waals surface area contributed by atoms with Gasteiger partial charge >= 0.3 is 6.03 Å². The highest BCUT2D eigenvalue weighted by atomic mass is 16.3. The van der Waals surface area contributed by atoms with E-state index in [0.29, 0.717) is 13.1 Å². The summed E-state index contributed by atoms with van der Waals surface area (Å²) in [6.07, 6.45) is 2.07. The highest BCUT2D eigenvalue weighted by Gasteiger charge is 2.27. The fourth-order valence-corrected chi connectivity index (χ4v) is 1.98. The third-order valence-electron chi connectivity index (χ3n) is 3.02. The lowest BCUT2D eigenvalue weighted by molar-refractivity contribution is -0.121. The minimum absolute atomic E-state index is 0.185. The van der Waals surface area contributed by atoms with Gasteiger partial charge in [0.1, 0.15) is 0 Å². The Kier molecular flexibility index (Phi) is 5.80. The summed E-state index contributed by atoms with van der Waals surface area (Å²) in [4.78, 5) is 24.7. The summed E-state index contributed by atoms with van der Waals surface area (Å²) in [5.74, 6) is -0.116. The van der Waals surface area contributed by atoms with E-state index in [1.165, 1.54) is 6.08 Å². The second-order valence-electron chi connectivity index (χ2n) is 4.57. The molecular weight excluding hydrogens is 234 g/mol. The maximum Gasteiger partial charge on any atom is 0.321 e. The van der Waals surface area contributed by atoms with Crippen LogP contribution in [-0.2, 0) is 4.79 Å². The number of aliphatic hydroxyl groups excluding tert-OH is 1. The molecule has 0 aliphatic carbocycles. The first kappa shape index (κ1) is 14.7. The van der Waals surface area contributed by atoms with Gasteiger partial charge in [-0.3, -0.25) is 15.0 Å². The number of urea groups is 1. The summed E-state index contributed by atoms with van der Waals surface area (Å²) in [7, 11) is 0. The predicted molar refractivity (Wildman–Crippen MR) is 68.0 cm³/mol. The Labute approximate surface area is 107 Å². The van der Waals surface area contributed by atoms with Crippen molar-refractivity contribution < 1.29 is 14.7 Å². The van der Waals surface area contributed by atoms with Gasteiger partial charge in [-0.2, -0.15) is 0 Å². The van der Waals surface area contributed by atoms with E-state index in [1.54, 1.807) is 6.92 Å². The van der Waals surface area contributed by atoms with E-state index in [0.717, 1.165) is 13.0 Å². The number of likely N-dealkylation sites (tertiary alicyclic amines) is 1. The van der Waals surface area contributed by atoms with Gasteiger partial charge in [-0.15, -0.1) is 6.58 Å². The average Bonchev–Trinajstić information content (AvgIpc) is 2.74. The van der Waals surface area contributed by atoms with Gasteiger partial charge in [0.05, 0.1) is 12.6 Å². The Morgan fingerprint density at radius 1 is 1.61 bits per heavy atom. The molecule has 0 radical (unpaired) electrons. The van der Waals surface area contributed by atoms with Crippen LogP contribution in [0.5, 0.6) is 0 Å². The van der Waals surface area contributed by atoms with Gasteiger partial charge in [0.15, 0.2) is 0 Å². The van der Waals surface area contributed by atoms with E-state index in [4.69, 9.17) is 0 Å². The maximum atomic E-state index is 11.5. The minimum Gasteiger partial charge on any atom is -0.393 e. The van der Waals surface area contributed by atoms with Crippen molar-refractivity contribution in [2.75, 3.05) is 26.2 Å². The molecule has 3 N–H and O–H groups in total. The average molecular weight is 255 g/mol. The lowest BCUT2D eigenvalue weighted by atomic mass is 10.0. The highest BCUT2D eigenvalue weighted by molar-refractivity contribution is 5.95. The first-order valence-electron chi connectivity index (χ1n) is 6.12. The number of hydrogen-bond donors (Lipinski definition) is 3. The Morgan fingerprint density at radius 3 is 2.89 bits per heavy atom. The molecule has 1 aliphatic heterocycles. The lowest BCUT2D eigenvalue weighted by Gasteiger charge is -2.16. The molecule has 1 saturated heterocycles. The Hall–Kier alpha value is -1.40. The van der Waals surface area contributed by atoms with E-state index in [2.05, 4.69) is 17.2 Å². The first-order chi connectivity index (χ1) is 8.52. The van der Waals surface area contributed by atoms with Gasteiger partial charge < -0.3 is 10.4 Å². The summed E-state index contributed by atoms with van der Waals surface area (Å²) < 4.78 is 0. The van der Waals surface area contributed by atoms with Gasteiger partial charge in [0.25, 0.3) is 0 Å². The van der Waals surface area contributed by atoms with Crippen LogP contribution in [0.4, 0.5) is 4.79 Å². The molecule has 102 valence electrons. The maximum absolute atomic E-state index is 11.5. The summed E-state index contributed by atoms with van der Waals surface area (Å²) in [6, 6.07) is -0.508. The van der Waals surface area contributed by atoms with Crippen LogP contribution in [0.3, 0.4) is 0 Å². The van der Waals surface area contributed by atoms with Gasteiger partial charge in [0, 0.05) is 13.1 Å². The molecule has 0 aromatic rings. The molecule has 1 aliphatic rings. The van der Waals surface area contributed by atoms with Crippen molar-refractivity contribution in [3.8, 4) is 0 Å². The number of carbonyl (C=O) groups excluding carboxylic acids is 2. The third-order valence-corrected chi connectivity index (χ3v) is 3.02. The fourth-order valence-electron chi connectivity index (χ4n) is 1.98. The molecule has 0 bridgehead atoms. The predicted octanol–water partition coefficient (Wildman–Crippen LogP) is -0.299. The standard InChI is InChI=1S/C12H21N3O3/c1-3-5-13-12(18)14-11(17)8-15-6-4-10(7-15)9(2)16/h3,9-10,16H,1,4-8H2,2H3,(H2,13,14,17,18). The quantitative estimate of drug-likeness (QED) is 0.589. The van der Waals surface area contributed by atoms with Gasteiger partial charge in [-0.25, -0.2) is 4.79 Å². The molecule has 6 heteroatoms. The van der Waals surface area contributed by atoms with Crippen molar-refractivity contribution >= 4 is 11.9 Å². The van der Waals surface area contributed by atoms with Crippen LogP contribution < -0.4 is 10.6 Å². The van der Waals surface area contributed by atoms with Crippen LogP contribution in [0.25, 0.3) is 0 Å². The van der Waals surface area contributed by atoms with Crippen LogP contribution in [0.15, 0.2) is 12.7 Å². The summed E-state index contributed by atoms with van der Waals surface area (Å²) in [6.45, 7) is 7.20. The summed E-state index contributed by atoms with van der Waals surface area (Å²) in [5, 5.41) is 14.2. The molecule has 0 aromatic heterocycles. The number of nitrogens with zero attached hydrogens (tertiary/aromatic N) is 1. The third kappa shape index (κ3) is 4.85. The Morgan fingerprint density at radius 2 is 2.33 bits per heavy atom. The number of carbonyl (C=O) groups is 2. The van der Waals surface area contributed by atoms with E-state index in [-0.39, 0.29) is 24.5 Å². The van der Waals surface area contributed by atoms with Gasteiger partial charge in [-0.05, 0) is 25.8 Å². The molecule has 0 aromatic carbocycles. The van der Waals surface area contributed by atoms with Crippen molar-refractivity contribution in [1.29, 1.82) is 0 Å².